The van der Waals surface area contributed by atoms with Crippen LogP contribution >= 0.6 is 11.6 Å². The van der Waals surface area contributed by atoms with E-state index in [0.717, 1.165) is 19.4 Å². The highest BCUT2D eigenvalue weighted by molar-refractivity contribution is 6.30. The molecule has 1 aliphatic heterocycles. The monoisotopic (exact) mass is 310 g/mol. The van der Waals surface area contributed by atoms with Crippen LogP contribution in [-0.4, -0.2) is 39.8 Å². The minimum atomic E-state index is -0.516. The van der Waals surface area contributed by atoms with Gasteiger partial charge in [0.05, 0.1) is 9.95 Å². The number of halogens is 1. The van der Waals surface area contributed by atoms with Crippen LogP contribution in [0.5, 0.6) is 0 Å². The summed E-state index contributed by atoms with van der Waals surface area (Å²) in [7, 11) is 0. The fourth-order valence-corrected chi connectivity index (χ4v) is 2.78. The summed E-state index contributed by atoms with van der Waals surface area (Å²) in [5, 5.41) is 14.2. The second-order valence-electron chi connectivity index (χ2n) is 5.51. The highest BCUT2D eigenvalue weighted by atomic mass is 35.5. The molecule has 1 N–H and O–H groups in total. The van der Waals surface area contributed by atoms with Gasteiger partial charge in [0.25, 0.3) is 0 Å². The maximum Gasteiger partial charge on any atom is 0.312 e. The molecule has 0 radical (unpaired) electrons. The second kappa shape index (κ2) is 5.48. The third-order valence-electron chi connectivity index (χ3n) is 3.82. The number of hydrogen-bond acceptors (Lipinski definition) is 5. The Morgan fingerprint density at radius 3 is 2.95 bits per heavy atom. The van der Waals surface area contributed by atoms with Crippen LogP contribution < -0.4 is 5.32 Å². The van der Waals surface area contributed by atoms with E-state index in [9.17, 15) is 14.9 Å². The summed E-state index contributed by atoms with van der Waals surface area (Å²) in [6.07, 6.45) is 4.05. The van der Waals surface area contributed by atoms with E-state index in [1.165, 1.54) is 12.3 Å². The highest BCUT2D eigenvalue weighted by Crippen LogP contribution is 2.33. The number of hydrogen-bond donors (Lipinski definition) is 1. The van der Waals surface area contributed by atoms with Gasteiger partial charge < -0.3 is 10.2 Å². The van der Waals surface area contributed by atoms with Crippen molar-refractivity contribution in [1.82, 2.24) is 9.88 Å². The van der Waals surface area contributed by atoms with Crippen LogP contribution in [0.25, 0.3) is 0 Å². The number of pyridine rings is 1. The molecule has 21 heavy (non-hydrogen) atoms. The lowest BCUT2D eigenvalue weighted by atomic mass is 10.1. The molecular weight excluding hydrogens is 296 g/mol. The Bertz CT molecular complexity index is 591. The molecule has 1 aliphatic carbocycles. The molecule has 7 nitrogen and oxygen atoms in total. The largest absolute Gasteiger partial charge is 0.364 e. The number of aromatic nitrogens is 1. The van der Waals surface area contributed by atoms with Crippen LogP contribution in [0.15, 0.2) is 12.3 Å². The van der Waals surface area contributed by atoms with Gasteiger partial charge in [-0.1, -0.05) is 11.6 Å². The van der Waals surface area contributed by atoms with Crippen molar-refractivity contribution >= 4 is 29.0 Å². The molecule has 0 bridgehead atoms. The van der Waals surface area contributed by atoms with Gasteiger partial charge in [-0.05, 0) is 12.8 Å². The van der Waals surface area contributed by atoms with E-state index < -0.39 is 4.92 Å². The van der Waals surface area contributed by atoms with Crippen LogP contribution in [0.1, 0.15) is 19.3 Å². The Balaban J connectivity index is 1.63. The third-order valence-corrected chi connectivity index (χ3v) is 4.02. The summed E-state index contributed by atoms with van der Waals surface area (Å²) in [5.74, 6) is 0.541. The van der Waals surface area contributed by atoms with Gasteiger partial charge in [0.1, 0.15) is 0 Å². The topological polar surface area (TPSA) is 88.4 Å². The van der Waals surface area contributed by atoms with Gasteiger partial charge in [0.2, 0.25) is 11.7 Å². The molecule has 0 unspecified atom stereocenters. The van der Waals surface area contributed by atoms with E-state index >= 15 is 0 Å². The summed E-state index contributed by atoms with van der Waals surface area (Å²) in [4.78, 5) is 28.2. The molecule has 0 aromatic carbocycles. The van der Waals surface area contributed by atoms with Gasteiger partial charge in [-0.25, -0.2) is 4.98 Å². The summed E-state index contributed by atoms with van der Waals surface area (Å²) in [6, 6.07) is 1.69. The Kier molecular flexibility index (Phi) is 3.67. The highest BCUT2D eigenvalue weighted by Gasteiger charge is 2.39. The molecule has 1 atom stereocenters. The van der Waals surface area contributed by atoms with Gasteiger partial charge in [0, 0.05) is 43.7 Å². The van der Waals surface area contributed by atoms with Crippen LogP contribution in [0, 0.1) is 16.0 Å². The van der Waals surface area contributed by atoms with Crippen molar-refractivity contribution in [3.63, 3.8) is 0 Å². The van der Waals surface area contributed by atoms with Crippen LogP contribution in [0.4, 0.5) is 11.5 Å². The number of amides is 1. The first-order valence-corrected chi connectivity index (χ1v) is 7.25. The molecule has 1 saturated heterocycles. The van der Waals surface area contributed by atoms with Crippen molar-refractivity contribution in [3.8, 4) is 0 Å². The minimum absolute atomic E-state index is 0.147. The summed E-state index contributed by atoms with van der Waals surface area (Å²) < 4.78 is 0. The zero-order valence-corrected chi connectivity index (χ0v) is 12.0. The Hall–Kier alpha value is -1.89. The average Bonchev–Trinajstić information content (AvgIpc) is 3.21. The Morgan fingerprint density at radius 2 is 2.29 bits per heavy atom. The van der Waals surface area contributed by atoms with E-state index in [1.807, 2.05) is 4.90 Å². The van der Waals surface area contributed by atoms with E-state index in [2.05, 4.69) is 10.3 Å². The average molecular weight is 311 g/mol. The summed E-state index contributed by atoms with van der Waals surface area (Å²) in [6.45, 7) is 1.21. The normalized spacial score (nSPS) is 21.7. The summed E-state index contributed by atoms with van der Waals surface area (Å²) in [5.41, 5.74) is -0.147. The van der Waals surface area contributed by atoms with E-state index in [-0.39, 0.29) is 28.4 Å². The van der Waals surface area contributed by atoms with Crippen molar-refractivity contribution in [1.29, 1.82) is 0 Å². The van der Waals surface area contributed by atoms with Gasteiger partial charge in [-0.15, -0.1) is 0 Å². The first kappa shape index (κ1) is 14.1. The number of rotatable bonds is 5. The maximum atomic E-state index is 11.9. The zero-order chi connectivity index (χ0) is 15.0. The predicted molar refractivity (Wildman–Crippen MR) is 77.2 cm³/mol. The second-order valence-corrected chi connectivity index (χ2v) is 5.94. The first-order valence-electron chi connectivity index (χ1n) is 6.88. The van der Waals surface area contributed by atoms with Gasteiger partial charge in [-0.2, -0.15) is 0 Å². The Morgan fingerprint density at radius 1 is 1.52 bits per heavy atom. The minimum Gasteiger partial charge on any atom is -0.364 e. The number of carbonyl (C=O) groups is 1. The molecule has 112 valence electrons. The summed E-state index contributed by atoms with van der Waals surface area (Å²) >= 11 is 5.72. The lowest BCUT2D eigenvalue weighted by Crippen LogP contribution is -2.28. The van der Waals surface area contributed by atoms with E-state index in [4.69, 9.17) is 11.6 Å². The molecule has 2 fully saturated rings. The molecule has 3 rings (SSSR count). The first-order chi connectivity index (χ1) is 10.0. The number of likely N-dealkylation sites (tertiary alicyclic amines) is 1. The number of anilines is 1. The lowest BCUT2D eigenvalue weighted by Gasteiger charge is -2.15. The van der Waals surface area contributed by atoms with E-state index in [1.54, 1.807) is 0 Å². The lowest BCUT2D eigenvalue weighted by molar-refractivity contribution is -0.384. The van der Waals surface area contributed by atoms with Crippen molar-refractivity contribution in [2.75, 3.05) is 18.4 Å². The molecule has 1 saturated carbocycles. The molecule has 8 heteroatoms. The van der Waals surface area contributed by atoms with Crippen LogP contribution in [0.3, 0.4) is 0 Å². The number of nitrogens with one attached hydrogen (secondary N) is 1. The predicted octanol–water partition coefficient (Wildman–Crippen LogP) is 2.07. The fourth-order valence-electron chi connectivity index (χ4n) is 2.63. The SMILES string of the molecule is O=C1C[C@@H](CNc2ncc(Cl)cc2[N+](=O)[O-])CN1C1CC1. The number of nitro groups is 1. The molecule has 2 aliphatic rings. The fraction of sp³-hybridized carbons (Fsp3) is 0.538. The smallest absolute Gasteiger partial charge is 0.312 e. The van der Waals surface area contributed by atoms with Gasteiger partial charge >= 0.3 is 5.69 Å². The molecular formula is C13H15ClN4O3. The van der Waals surface area contributed by atoms with Gasteiger partial charge in [-0.3, -0.25) is 14.9 Å². The third kappa shape index (κ3) is 3.07. The molecule has 1 aromatic rings. The van der Waals surface area contributed by atoms with Crippen molar-refractivity contribution in [3.05, 3.63) is 27.4 Å². The van der Waals surface area contributed by atoms with Crippen molar-refractivity contribution < 1.29 is 9.72 Å². The molecule has 2 heterocycles. The van der Waals surface area contributed by atoms with E-state index in [0.29, 0.717) is 19.0 Å². The zero-order valence-electron chi connectivity index (χ0n) is 11.3. The van der Waals surface area contributed by atoms with Crippen LogP contribution in [0.2, 0.25) is 5.02 Å². The van der Waals surface area contributed by atoms with Crippen LogP contribution in [-0.2, 0) is 4.79 Å². The quantitative estimate of drug-likeness (QED) is 0.664. The molecule has 0 spiro atoms. The Labute approximate surface area is 126 Å². The van der Waals surface area contributed by atoms with Crippen molar-refractivity contribution in [2.24, 2.45) is 5.92 Å². The number of nitrogens with zero attached hydrogens (tertiary/aromatic N) is 3. The van der Waals surface area contributed by atoms with Crippen molar-refractivity contribution in [2.45, 2.75) is 25.3 Å². The maximum absolute atomic E-state index is 11.9. The standard InChI is InChI=1S/C13H15ClN4O3/c14-9-4-11(18(20)21)13(16-6-9)15-5-8-3-12(19)17(7-8)10-1-2-10/h4,6,8,10H,1-3,5,7H2,(H,15,16)/t8-/m0/s1. The number of carbonyl (C=O) groups excluding carboxylic acids is 1. The molecule has 1 aromatic heterocycles. The molecule has 1 amide bonds. The van der Waals surface area contributed by atoms with Gasteiger partial charge in [0.15, 0.2) is 0 Å².